The van der Waals surface area contributed by atoms with Gasteiger partial charge in [-0.2, -0.15) is 0 Å². The Morgan fingerprint density at radius 1 is 1.11 bits per heavy atom. The second-order valence-corrected chi connectivity index (χ2v) is 6.15. The van der Waals surface area contributed by atoms with Crippen LogP contribution in [0.15, 0.2) is 9.52 Å². The molecular formula is C10H19Cl4NOSSn. The summed E-state index contributed by atoms with van der Waals surface area (Å²) in [6.07, 6.45) is 0. The Morgan fingerprint density at radius 3 is 1.78 bits per heavy atom. The Bertz CT molecular complexity index is 275. The molecule has 18 heavy (non-hydrogen) atoms. The number of amides is 1. The molecule has 2 nitrogen and oxygen atoms in total. The Hall–Kier alpha value is 1.52. The van der Waals surface area contributed by atoms with Crippen molar-refractivity contribution < 1.29 is 4.79 Å². The predicted octanol–water partition coefficient (Wildman–Crippen LogP) is 4.35. The molecule has 0 saturated carbocycles. The molecule has 0 aliphatic rings. The fourth-order valence-electron chi connectivity index (χ4n) is 1.27. The van der Waals surface area contributed by atoms with Crippen molar-refractivity contribution in [3.05, 3.63) is 9.52 Å². The van der Waals surface area contributed by atoms with Crippen LogP contribution >= 0.6 is 59.0 Å². The number of carbonyl (C=O) groups is 1. The van der Waals surface area contributed by atoms with Gasteiger partial charge in [0.15, 0.2) is 0 Å². The SMILES string of the molecule is CC(C)N(C(=O)SCC(Cl)=C(Cl)Cl)C(C)C.Cl.[SnH2]. The summed E-state index contributed by atoms with van der Waals surface area (Å²) >= 11 is 17.8. The number of rotatable bonds is 4. The number of carbonyl (C=O) groups excluding carboxylic acids is 1. The van der Waals surface area contributed by atoms with Crippen molar-refractivity contribution >= 4 is 88.1 Å². The first-order valence-corrected chi connectivity index (χ1v) is 7.04. The number of thioether (sulfide) groups is 1. The van der Waals surface area contributed by atoms with Gasteiger partial charge in [0, 0.05) is 17.8 Å². The van der Waals surface area contributed by atoms with E-state index in [1.165, 1.54) is 0 Å². The zero-order valence-corrected chi connectivity index (χ0v) is 18.8. The molecule has 2 radical (unpaired) electrons. The second-order valence-electron chi connectivity index (χ2n) is 3.81. The summed E-state index contributed by atoms with van der Waals surface area (Å²) < 4.78 is 0.0163. The Balaban J connectivity index is -0.00000112. The molecule has 0 heterocycles. The normalized spacial score (nSPS) is 9.61. The molecule has 0 aromatic rings. The number of nitrogens with zero attached hydrogens (tertiary/aromatic N) is 1. The molecule has 0 rings (SSSR count). The van der Waals surface area contributed by atoms with Crippen LogP contribution in [-0.4, -0.2) is 51.9 Å². The third kappa shape index (κ3) is 9.43. The minimum atomic E-state index is -0.0160. The molecule has 0 aliphatic carbocycles. The molecule has 0 bridgehead atoms. The van der Waals surface area contributed by atoms with Gasteiger partial charge in [0.05, 0.1) is 5.03 Å². The van der Waals surface area contributed by atoms with Crippen molar-refractivity contribution in [2.75, 3.05) is 5.75 Å². The standard InChI is InChI=1S/C10H16Cl3NOS.ClH.Sn.2H/c1-6(2)14(7(3)4)10(15)16-5-8(11)9(12)13;;;;/h6-7H,5H2,1-4H3;1H;;;. The third-order valence-electron chi connectivity index (χ3n) is 1.85. The summed E-state index contributed by atoms with van der Waals surface area (Å²) in [6, 6.07) is 0.323. The van der Waals surface area contributed by atoms with Gasteiger partial charge >= 0.3 is 23.9 Å². The Morgan fingerprint density at radius 2 is 1.50 bits per heavy atom. The third-order valence-corrected chi connectivity index (χ3v) is 3.87. The molecule has 108 valence electrons. The maximum absolute atomic E-state index is 11.9. The molecule has 0 spiro atoms. The van der Waals surface area contributed by atoms with Crippen molar-refractivity contribution in [2.24, 2.45) is 0 Å². The molecule has 0 aliphatic heterocycles. The van der Waals surface area contributed by atoms with E-state index in [1.807, 2.05) is 27.7 Å². The van der Waals surface area contributed by atoms with Gasteiger partial charge in [-0.05, 0) is 27.7 Å². The van der Waals surface area contributed by atoms with E-state index < -0.39 is 0 Å². The summed E-state index contributed by atoms with van der Waals surface area (Å²) in [5, 5.41) is 0.284. The van der Waals surface area contributed by atoms with E-state index in [1.54, 1.807) is 4.90 Å². The molecule has 0 atom stereocenters. The fraction of sp³-hybridized carbons (Fsp3) is 0.700. The number of halogens is 4. The quantitative estimate of drug-likeness (QED) is 0.580. The van der Waals surface area contributed by atoms with Gasteiger partial charge in [0.1, 0.15) is 4.49 Å². The molecule has 1 amide bonds. The topological polar surface area (TPSA) is 20.3 Å². The van der Waals surface area contributed by atoms with Crippen LogP contribution in [-0.2, 0) is 0 Å². The zero-order valence-electron chi connectivity index (χ0n) is 10.9. The first-order chi connectivity index (χ1) is 7.27. The van der Waals surface area contributed by atoms with Crippen LogP contribution in [0.4, 0.5) is 4.79 Å². The first-order valence-electron chi connectivity index (χ1n) is 4.92. The van der Waals surface area contributed by atoms with Gasteiger partial charge in [0.2, 0.25) is 0 Å². The summed E-state index contributed by atoms with van der Waals surface area (Å²) in [5.41, 5.74) is 0. The average Bonchev–Trinajstić information content (AvgIpc) is 2.12. The number of hydrogen-bond donors (Lipinski definition) is 0. The predicted molar refractivity (Wildman–Crippen MR) is 90.3 cm³/mol. The fourth-order valence-corrected chi connectivity index (χ4v) is 2.69. The van der Waals surface area contributed by atoms with Crippen LogP contribution in [0.5, 0.6) is 0 Å². The average molecular weight is 462 g/mol. The molecule has 0 N–H and O–H groups in total. The van der Waals surface area contributed by atoms with Crippen molar-refractivity contribution in [1.82, 2.24) is 4.90 Å². The first kappa shape index (κ1) is 24.5. The van der Waals surface area contributed by atoms with E-state index >= 15 is 0 Å². The van der Waals surface area contributed by atoms with Crippen LogP contribution in [0, 0.1) is 0 Å². The van der Waals surface area contributed by atoms with Crippen LogP contribution in [0.25, 0.3) is 0 Å². The van der Waals surface area contributed by atoms with E-state index in [-0.39, 0.29) is 58.1 Å². The monoisotopic (exact) mass is 461 g/mol. The van der Waals surface area contributed by atoms with Crippen molar-refractivity contribution in [1.29, 1.82) is 0 Å². The summed E-state index contributed by atoms with van der Waals surface area (Å²) in [5.74, 6) is 0.304. The van der Waals surface area contributed by atoms with Gasteiger partial charge in [-0.15, -0.1) is 12.4 Å². The Kier molecular flexibility index (Phi) is 16.7. The molecule has 0 unspecified atom stereocenters. The summed E-state index contributed by atoms with van der Waals surface area (Å²) in [6.45, 7) is 7.91. The van der Waals surface area contributed by atoms with E-state index in [9.17, 15) is 4.79 Å². The molecule has 0 aromatic heterocycles. The number of hydrogen-bond acceptors (Lipinski definition) is 2. The zero-order chi connectivity index (χ0) is 12.9. The Labute approximate surface area is 152 Å². The van der Waals surface area contributed by atoms with Crippen LogP contribution < -0.4 is 0 Å². The van der Waals surface area contributed by atoms with E-state index in [0.29, 0.717) is 10.8 Å². The van der Waals surface area contributed by atoms with Crippen molar-refractivity contribution in [3.8, 4) is 0 Å². The van der Waals surface area contributed by atoms with Gasteiger partial charge in [-0.3, -0.25) is 4.79 Å². The van der Waals surface area contributed by atoms with Crippen molar-refractivity contribution in [3.63, 3.8) is 0 Å². The molecule has 0 saturated heterocycles. The van der Waals surface area contributed by atoms with Crippen molar-refractivity contribution in [2.45, 2.75) is 39.8 Å². The van der Waals surface area contributed by atoms with E-state index in [0.717, 1.165) is 11.8 Å². The van der Waals surface area contributed by atoms with Gasteiger partial charge in [-0.1, -0.05) is 46.6 Å². The minimum absolute atomic E-state index is 0. The molecular weight excluding hydrogens is 443 g/mol. The van der Waals surface area contributed by atoms with E-state index in [2.05, 4.69) is 0 Å². The molecule has 8 heteroatoms. The second kappa shape index (κ2) is 12.3. The maximum atomic E-state index is 11.9. The summed E-state index contributed by atoms with van der Waals surface area (Å²) in [7, 11) is 0. The molecule has 0 fully saturated rings. The van der Waals surface area contributed by atoms with E-state index in [4.69, 9.17) is 34.8 Å². The van der Waals surface area contributed by atoms with Gasteiger partial charge < -0.3 is 4.90 Å². The van der Waals surface area contributed by atoms with Crippen LogP contribution in [0.3, 0.4) is 0 Å². The van der Waals surface area contributed by atoms with Crippen LogP contribution in [0.1, 0.15) is 27.7 Å². The van der Waals surface area contributed by atoms with Crippen LogP contribution in [0.2, 0.25) is 0 Å². The molecule has 0 aromatic carbocycles. The summed E-state index contributed by atoms with van der Waals surface area (Å²) in [4.78, 5) is 13.7. The van der Waals surface area contributed by atoms with Gasteiger partial charge in [-0.25, -0.2) is 0 Å². The van der Waals surface area contributed by atoms with Gasteiger partial charge in [0.25, 0.3) is 5.24 Å².